The molecule has 0 aliphatic carbocycles. The van der Waals surface area contributed by atoms with Crippen LogP contribution in [0.4, 0.5) is 0 Å². The van der Waals surface area contributed by atoms with Crippen LogP contribution < -0.4 is 0 Å². The molecule has 2 rings (SSSR count). The standard InChI is InChI=1S/C22H28O2/c1-4-16(5-2)15-22(18-9-13-20(24)14-10-18)21(6-3)17-7-11-19(23)12-8-17/h7-14,16,23-24H,4-6,15H2,1-3H3/b22-21+. The molecule has 2 N–H and O–H groups in total. The van der Waals surface area contributed by atoms with E-state index < -0.39 is 0 Å². The van der Waals surface area contributed by atoms with Crippen molar-refractivity contribution in [1.82, 2.24) is 0 Å². The van der Waals surface area contributed by atoms with Gasteiger partial charge in [-0.3, -0.25) is 0 Å². The van der Waals surface area contributed by atoms with Gasteiger partial charge in [0.25, 0.3) is 0 Å². The smallest absolute Gasteiger partial charge is 0.115 e. The summed E-state index contributed by atoms with van der Waals surface area (Å²) in [7, 11) is 0. The highest BCUT2D eigenvalue weighted by Gasteiger charge is 2.15. The Balaban J connectivity index is 2.55. The van der Waals surface area contributed by atoms with Crippen molar-refractivity contribution < 1.29 is 10.2 Å². The van der Waals surface area contributed by atoms with Crippen LogP contribution in [0.15, 0.2) is 48.5 Å². The van der Waals surface area contributed by atoms with Crippen LogP contribution in [0.1, 0.15) is 57.6 Å². The van der Waals surface area contributed by atoms with Crippen LogP contribution in [-0.2, 0) is 0 Å². The lowest BCUT2D eigenvalue weighted by Crippen LogP contribution is -2.01. The van der Waals surface area contributed by atoms with Gasteiger partial charge in [0.1, 0.15) is 11.5 Å². The van der Waals surface area contributed by atoms with Crippen LogP contribution in [0, 0.1) is 5.92 Å². The molecule has 2 aromatic rings. The Labute approximate surface area is 145 Å². The van der Waals surface area contributed by atoms with Gasteiger partial charge in [0.05, 0.1) is 0 Å². The fourth-order valence-corrected chi connectivity index (χ4v) is 3.20. The van der Waals surface area contributed by atoms with Crippen LogP contribution in [-0.4, -0.2) is 10.2 Å². The van der Waals surface area contributed by atoms with E-state index in [0.717, 1.165) is 31.2 Å². The first-order valence-corrected chi connectivity index (χ1v) is 8.89. The molecule has 0 radical (unpaired) electrons. The van der Waals surface area contributed by atoms with Crippen LogP contribution in [0.3, 0.4) is 0 Å². The number of aromatic hydroxyl groups is 2. The quantitative estimate of drug-likeness (QED) is 0.591. The number of hydrogen-bond donors (Lipinski definition) is 2. The first-order chi connectivity index (χ1) is 11.6. The molecule has 2 aromatic carbocycles. The zero-order chi connectivity index (χ0) is 17.5. The molecule has 0 saturated heterocycles. The van der Waals surface area contributed by atoms with Crippen LogP contribution >= 0.6 is 0 Å². The number of hydrogen-bond acceptors (Lipinski definition) is 2. The molecule has 0 amide bonds. The Hall–Kier alpha value is -2.22. The molecule has 2 nitrogen and oxygen atoms in total. The summed E-state index contributed by atoms with van der Waals surface area (Å²) in [5.74, 6) is 1.23. The Kier molecular flexibility index (Phi) is 6.48. The minimum atomic E-state index is 0.292. The first kappa shape index (κ1) is 18.1. The molecule has 0 bridgehead atoms. The highest BCUT2D eigenvalue weighted by atomic mass is 16.3. The van der Waals surface area contributed by atoms with Crippen molar-refractivity contribution in [3.8, 4) is 11.5 Å². The fraction of sp³-hybridized carbons (Fsp3) is 0.364. The molecule has 0 fully saturated rings. The molecule has 24 heavy (non-hydrogen) atoms. The second-order valence-corrected chi connectivity index (χ2v) is 6.29. The third-order valence-electron chi connectivity index (χ3n) is 4.80. The zero-order valence-electron chi connectivity index (χ0n) is 14.9. The van der Waals surface area contributed by atoms with Gasteiger partial charge in [0.2, 0.25) is 0 Å². The third-order valence-corrected chi connectivity index (χ3v) is 4.80. The van der Waals surface area contributed by atoms with Crippen LogP contribution in [0.2, 0.25) is 0 Å². The van der Waals surface area contributed by atoms with Gasteiger partial charge in [-0.05, 0) is 65.3 Å². The molecule has 0 aromatic heterocycles. The maximum absolute atomic E-state index is 9.61. The predicted molar refractivity (Wildman–Crippen MR) is 102 cm³/mol. The maximum Gasteiger partial charge on any atom is 0.115 e. The van der Waals surface area contributed by atoms with E-state index in [1.165, 1.54) is 16.7 Å². The van der Waals surface area contributed by atoms with Crippen LogP contribution in [0.25, 0.3) is 11.1 Å². The molecule has 0 saturated carbocycles. The molecular formula is C22H28O2. The summed E-state index contributed by atoms with van der Waals surface area (Å²) in [5, 5.41) is 19.2. The topological polar surface area (TPSA) is 40.5 Å². The summed E-state index contributed by atoms with van der Waals surface area (Å²) in [6, 6.07) is 15.0. The van der Waals surface area contributed by atoms with Crippen molar-refractivity contribution in [2.75, 3.05) is 0 Å². The summed E-state index contributed by atoms with van der Waals surface area (Å²) < 4.78 is 0. The van der Waals surface area contributed by atoms with Crippen molar-refractivity contribution in [3.05, 3.63) is 59.7 Å². The van der Waals surface area contributed by atoms with E-state index in [2.05, 4.69) is 20.8 Å². The molecule has 0 heterocycles. The van der Waals surface area contributed by atoms with Gasteiger partial charge in [0.15, 0.2) is 0 Å². The van der Waals surface area contributed by atoms with Gasteiger partial charge >= 0.3 is 0 Å². The lowest BCUT2D eigenvalue weighted by atomic mass is 9.85. The first-order valence-electron chi connectivity index (χ1n) is 8.89. The number of phenols is 2. The summed E-state index contributed by atoms with van der Waals surface area (Å²) >= 11 is 0. The summed E-state index contributed by atoms with van der Waals surface area (Å²) in [6.07, 6.45) is 4.28. The van der Waals surface area contributed by atoms with Crippen molar-refractivity contribution in [1.29, 1.82) is 0 Å². The second kappa shape index (κ2) is 8.58. The van der Waals surface area contributed by atoms with Gasteiger partial charge in [0, 0.05) is 0 Å². The molecule has 0 unspecified atom stereocenters. The number of phenolic OH excluding ortho intramolecular Hbond substituents is 2. The number of benzene rings is 2. The zero-order valence-corrected chi connectivity index (χ0v) is 14.9. The monoisotopic (exact) mass is 324 g/mol. The van der Waals surface area contributed by atoms with E-state index in [0.29, 0.717) is 17.4 Å². The van der Waals surface area contributed by atoms with E-state index in [9.17, 15) is 10.2 Å². The minimum Gasteiger partial charge on any atom is -0.508 e. The summed E-state index contributed by atoms with van der Waals surface area (Å²) in [4.78, 5) is 0. The molecule has 0 aliphatic heterocycles. The van der Waals surface area contributed by atoms with Crippen LogP contribution in [0.5, 0.6) is 11.5 Å². The predicted octanol–water partition coefficient (Wildman–Crippen LogP) is 6.24. The Morgan fingerprint density at radius 2 is 1.12 bits per heavy atom. The highest BCUT2D eigenvalue weighted by molar-refractivity contribution is 5.91. The molecule has 2 heteroatoms. The van der Waals surface area contributed by atoms with E-state index in [4.69, 9.17) is 0 Å². The molecule has 0 atom stereocenters. The molecule has 0 spiro atoms. The molecule has 128 valence electrons. The van der Waals surface area contributed by atoms with Crippen molar-refractivity contribution in [2.45, 2.75) is 46.5 Å². The Bertz CT molecular complexity index is 662. The maximum atomic E-state index is 9.61. The summed E-state index contributed by atoms with van der Waals surface area (Å²) in [6.45, 7) is 6.67. The van der Waals surface area contributed by atoms with E-state index in [-0.39, 0.29) is 0 Å². The third kappa shape index (κ3) is 4.41. The lowest BCUT2D eigenvalue weighted by molar-refractivity contribution is 0.474. The van der Waals surface area contributed by atoms with Crippen molar-refractivity contribution in [3.63, 3.8) is 0 Å². The SMILES string of the molecule is CC/C(=C(/CC(CC)CC)c1ccc(O)cc1)c1ccc(O)cc1. The van der Waals surface area contributed by atoms with Crippen molar-refractivity contribution in [2.24, 2.45) is 5.92 Å². The Morgan fingerprint density at radius 1 is 0.708 bits per heavy atom. The van der Waals surface area contributed by atoms with Crippen molar-refractivity contribution >= 4 is 11.1 Å². The van der Waals surface area contributed by atoms with Gasteiger partial charge in [-0.25, -0.2) is 0 Å². The Morgan fingerprint density at radius 3 is 1.50 bits per heavy atom. The normalized spacial score (nSPS) is 12.3. The highest BCUT2D eigenvalue weighted by Crippen LogP contribution is 2.36. The fourth-order valence-electron chi connectivity index (χ4n) is 3.20. The largest absolute Gasteiger partial charge is 0.508 e. The van der Waals surface area contributed by atoms with E-state index in [1.54, 1.807) is 24.3 Å². The molecular weight excluding hydrogens is 296 g/mol. The number of rotatable bonds is 7. The van der Waals surface area contributed by atoms with Gasteiger partial charge in [-0.1, -0.05) is 57.9 Å². The van der Waals surface area contributed by atoms with E-state index in [1.807, 2.05) is 24.3 Å². The minimum absolute atomic E-state index is 0.292. The van der Waals surface area contributed by atoms with Gasteiger partial charge < -0.3 is 10.2 Å². The number of allylic oxidation sites excluding steroid dienone is 2. The molecule has 0 aliphatic rings. The lowest BCUT2D eigenvalue weighted by Gasteiger charge is -2.20. The van der Waals surface area contributed by atoms with Gasteiger partial charge in [-0.2, -0.15) is 0 Å². The summed E-state index contributed by atoms with van der Waals surface area (Å²) in [5.41, 5.74) is 4.98. The van der Waals surface area contributed by atoms with Gasteiger partial charge in [-0.15, -0.1) is 0 Å². The average molecular weight is 324 g/mol. The average Bonchev–Trinajstić information content (AvgIpc) is 2.61. The second-order valence-electron chi connectivity index (χ2n) is 6.29. The van der Waals surface area contributed by atoms with E-state index >= 15 is 0 Å².